The van der Waals surface area contributed by atoms with Crippen LogP contribution in [0, 0.1) is 5.92 Å². The quantitative estimate of drug-likeness (QED) is 0.830. The average Bonchev–Trinajstić information content (AvgIpc) is 2.38. The van der Waals surface area contributed by atoms with Crippen molar-refractivity contribution in [3.05, 3.63) is 29.8 Å². The maximum absolute atomic E-state index is 11.6. The van der Waals surface area contributed by atoms with Crippen LogP contribution >= 0.6 is 0 Å². The van der Waals surface area contributed by atoms with Gasteiger partial charge in [-0.2, -0.15) is 0 Å². The minimum Gasteiger partial charge on any atom is -0.481 e. The van der Waals surface area contributed by atoms with E-state index in [-0.39, 0.29) is 5.92 Å². The third-order valence-electron chi connectivity index (χ3n) is 3.12. The Morgan fingerprint density at radius 1 is 1.23 bits per heavy atom. The molecule has 0 aromatic heterocycles. The monoisotopic (exact) mass is 307 g/mol. The molecule has 0 saturated heterocycles. The molecule has 0 saturated carbocycles. The van der Waals surface area contributed by atoms with Gasteiger partial charge in [0.2, 0.25) is 0 Å². The first-order valence-corrected chi connectivity index (χ1v) is 7.49. The fraction of sp³-hybridized carbons (Fsp3) is 0.529. The highest BCUT2D eigenvalue weighted by Crippen LogP contribution is 2.15. The molecule has 1 unspecified atom stereocenters. The second-order valence-electron chi connectivity index (χ2n) is 6.46. The second kappa shape index (κ2) is 7.82. The number of rotatable bonds is 6. The number of carboxylic acids is 1. The molecule has 1 aromatic rings. The SMILES string of the molecule is CC(CCCc1ccc(NC(=O)OC(C)(C)C)cc1)C(=O)O. The molecular weight excluding hydrogens is 282 g/mol. The molecule has 2 N–H and O–H groups in total. The highest BCUT2D eigenvalue weighted by atomic mass is 16.6. The lowest BCUT2D eigenvalue weighted by Gasteiger charge is -2.19. The average molecular weight is 307 g/mol. The zero-order valence-corrected chi connectivity index (χ0v) is 13.7. The largest absolute Gasteiger partial charge is 0.481 e. The van der Waals surface area contributed by atoms with Crippen LogP contribution in [0.2, 0.25) is 0 Å². The molecule has 1 aromatic carbocycles. The Kier molecular flexibility index (Phi) is 6.40. The van der Waals surface area contributed by atoms with Crippen LogP contribution in [-0.2, 0) is 16.0 Å². The molecule has 0 fully saturated rings. The predicted molar refractivity (Wildman–Crippen MR) is 86.0 cm³/mol. The summed E-state index contributed by atoms with van der Waals surface area (Å²) in [5, 5.41) is 11.5. The van der Waals surface area contributed by atoms with Gasteiger partial charge in [0.1, 0.15) is 5.60 Å². The molecule has 1 atom stereocenters. The molecule has 5 nitrogen and oxygen atoms in total. The Balaban J connectivity index is 2.43. The Hall–Kier alpha value is -2.04. The molecule has 22 heavy (non-hydrogen) atoms. The molecule has 0 bridgehead atoms. The molecule has 0 aliphatic heterocycles. The van der Waals surface area contributed by atoms with Crippen molar-refractivity contribution >= 4 is 17.7 Å². The summed E-state index contributed by atoms with van der Waals surface area (Å²) in [5.74, 6) is -1.06. The summed E-state index contributed by atoms with van der Waals surface area (Å²) in [6.45, 7) is 7.16. The number of carbonyl (C=O) groups is 2. The lowest BCUT2D eigenvalue weighted by atomic mass is 10.0. The van der Waals surface area contributed by atoms with E-state index in [2.05, 4.69) is 5.32 Å². The van der Waals surface area contributed by atoms with Crippen LogP contribution in [0.5, 0.6) is 0 Å². The Bertz CT molecular complexity index is 502. The minimum absolute atomic E-state index is 0.312. The van der Waals surface area contributed by atoms with Crippen LogP contribution in [0.3, 0.4) is 0 Å². The minimum atomic E-state index is -0.753. The Morgan fingerprint density at radius 2 is 1.82 bits per heavy atom. The second-order valence-corrected chi connectivity index (χ2v) is 6.46. The van der Waals surface area contributed by atoms with Gasteiger partial charge in [-0.3, -0.25) is 10.1 Å². The van der Waals surface area contributed by atoms with Crippen LogP contribution in [0.15, 0.2) is 24.3 Å². The molecule has 122 valence electrons. The van der Waals surface area contributed by atoms with Crippen LogP contribution < -0.4 is 5.32 Å². The van der Waals surface area contributed by atoms with E-state index in [0.29, 0.717) is 12.1 Å². The predicted octanol–water partition coefficient (Wildman–Crippen LogP) is 4.08. The standard InChI is InChI=1S/C17H25NO4/c1-12(15(19)20)6-5-7-13-8-10-14(11-9-13)18-16(21)22-17(2,3)4/h8-12H,5-7H2,1-4H3,(H,18,21)(H,19,20). The summed E-state index contributed by atoms with van der Waals surface area (Å²) in [6.07, 6.45) is 1.83. The van der Waals surface area contributed by atoms with Gasteiger partial charge < -0.3 is 9.84 Å². The molecule has 0 spiro atoms. The molecule has 0 radical (unpaired) electrons. The van der Waals surface area contributed by atoms with E-state index in [1.165, 1.54) is 0 Å². The number of carboxylic acid groups (broad SMARTS) is 1. The number of benzene rings is 1. The smallest absolute Gasteiger partial charge is 0.412 e. The molecule has 1 amide bonds. The van der Waals surface area contributed by atoms with Crippen molar-refractivity contribution in [3.63, 3.8) is 0 Å². The number of hydrogen-bond donors (Lipinski definition) is 2. The van der Waals surface area contributed by atoms with Crippen LogP contribution in [0.4, 0.5) is 10.5 Å². The molecule has 1 rings (SSSR count). The lowest BCUT2D eigenvalue weighted by Crippen LogP contribution is -2.27. The normalized spacial score (nSPS) is 12.5. The number of anilines is 1. The number of carbonyl (C=O) groups excluding carboxylic acids is 1. The molecular formula is C17H25NO4. The molecule has 5 heteroatoms. The van der Waals surface area contributed by atoms with Crippen molar-refractivity contribution in [3.8, 4) is 0 Å². The van der Waals surface area contributed by atoms with Crippen molar-refractivity contribution in [2.45, 2.75) is 52.6 Å². The first kappa shape index (κ1) is 18.0. The van der Waals surface area contributed by atoms with Gasteiger partial charge in [-0.05, 0) is 57.7 Å². The lowest BCUT2D eigenvalue weighted by molar-refractivity contribution is -0.141. The molecule has 0 heterocycles. The molecule has 0 aliphatic rings. The van der Waals surface area contributed by atoms with Crippen molar-refractivity contribution in [1.82, 2.24) is 0 Å². The van der Waals surface area contributed by atoms with E-state index in [9.17, 15) is 9.59 Å². The highest BCUT2D eigenvalue weighted by molar-refractivity contribution is 5.84. The van der Waals surface area contributed by atoms with Gasteiger partial charge in [0.05, 0.1) is 5.92 Å². The zero-order chi connectivity index (χ0) is 16.8. The van der Waals surface area contributed by atoms with Crippen molar-refractivity contribution in [2.75, 3.05) is 5.32 Å². The number of aliphatic carboxylic acids is 1. The molecule has 0 aliphatic carbocycles. The number of hydrogen-bond acceptors (Lipinski definition) is 3. The Labute approximate surface area is 131 Å². The van der Waals surface area contributed by atoms with Crippen molar-refractivity contribution < 1.29 is 19.4 Å². The van der Waals surface area contributed by atoms with E-state index >= 15 is 0 Å². The summed E-state index contributed by atoms with van der Waals surface area (Å²) < 4.78 is 5.18. The van der Waals surface area contributed by atoms with E-state index in [1.807, 2.05) is 45.0 Å². The fourth-order valence-corrected chi connectivity index (χ4v) is 1.91. The number of amides is 1. The maximum atomic E-state index is 11.6. The van der Waals surface area contributed by atoms with Gasteiger partial charge in [0.15, 0.2) is 0 Å². The van der Waals surface area contributed by atoms with Gasteiger partial charge in [-0.25, -0.2) is 4.79 Å². The summed E-state index contributed by atoms with van der Waals surface area (Å²) in [7, 11) is 0. The Morgan fingerprint density at radius 3 is 2.32 bits per heavy atom. The first-order valence-electron chi connectivity index (χ1n) is 7.49. The van der Waals surface area contributed by atoms with Gasteiger partial charge in [-0.1, -0.05) is 19.1 Å². The maximum Gasteiger partial charge on any atom is 0.412 e. The number of aryl methyl sites for hydroxylation is 1. The summed E-state index contributed by atoms with van der Waals surface area (Å²) in [6, 6.07) is 7.50. The zero-order valence-electron chi connectivity index (χ0n) is 13.7. The number of ether oxygens (including phenoxy) is 1. The fourth-order valence-electron chi connectivity index (χ4n) is 1.91. The van der Waals surface area contributed by atoms with Gasteiger partial charge in [0, 0.05) is 5.69 Å². The summed E-state index contributed by atoms with van der Waals surface area (Å²) in [5.41, 5.74) is 1.27. The number of nitrogens with one attached hydrogen (secondary N) is 1. The topological polar surface area (TPSA) is 75.6 Å². The third kappa shape index (κ3) is 7.11. The van der Waals surface area contributed by atoms with Crippen LogP contribution in [0.25, 0.3) is 0 Å². The third-order valence-corrected chi connectivity index (χ3v) is 3.12. The van der Waals surface area contributed by atoms with Gasteiger partial charge in [-0.15, -0.1) is 0 Å². The van der Waals surface area contributed by atoms with Gasteiger partial charge >= 0.3 is 12.1 Å². The van der Waals surface area contributed by atoms with Crippen LogP contribution in [-0.4, -0.2) is 22.8 Å². The van der Waals surface area contributed by atoms with Gasteiger partial charge in [0.25, 0.3) is 0 Å². The van der Waals surface area contributed by atoms with E-state index < -0.39 is 17.7 Å². The van der Waals surface area contributed by atoms with Crippen molar-refractivity contribution in [2.24, 2.45) is 5.92 Å². The van der Waals surface area contributed by atoms with Crippen LogP contribution in [0.1, 0.15) is 46.1 Å². The van der Waals surface area contributed by atoms with Crippen molar-refractivity contribution in [1.29, 1.82) is 0 Å². The highest BCUT2D eigenvalue weighted by Gasteiger charge is 2.16. The van der Waals surface area contributed by atoms with E-state index in [1.54, 1.807) is 6.92 Å². The summed E-state index contributed by atoms with van der Waals surface area (Å²) >= 11 is 0. The van der Waals surface area contributed by atoms with E-state index in [0.717, 1.165) is 18.4 Å². The van der Waals surface area contributed by atoms with E-state index in [4.69, 9.17) is 9.84 Å². The summed E-state index contributed by atoms with van der Waals surface area (Å²) in [4.78, 5) is 22.4. The first-order chi connectivity index (χ1) is 10.2.